The lowest BCUT2D eigenvalue weighted by molar-refractivity contribution is -0.133. The number of nitrogens with one attached hydrogen (secondary N) is 1. The van der Waals surface area contributed by atoms with E-state index in [9.17, 15) is 14.0 Å². The smallest absolute Gasteiger partial charge is 0.259 e. The number of hydrogen-bond acceptors (Lipinski definition) is 3. The Morgan fingerprint density at radius 2 is 1.85 bits per heavy atom. The monoisotopic (exact) mass is 373 g/mol. The number of piperazine rings is 1. The molecule has 2 heterocycles. The number of aryl methyl sites for hydroxylation is 2. The minimum absolute atomic E-state index is 0.0865. The van der Waals surface area contributed by atoms with Crippen molar-refractivity contribution in [3.8, 4) is 0 Å². The number of nitrogens with zero attached hydrogens (tertiary/aromatic N) is 2. The van der Waals surface area contributed by atoms with Crippen molar-refractivity contribution in [3.63, 3.8) is 0 Å². The third-order valence-corrected chi connectivity index (χ3v) is 5.42. The van der Waals surface area contributed by atoms with E-state index in [1.54, 1.807) is 12.1 Å². The van der Waals surface area contributed by atoms with Crippen LogP contribution in [0.1, 0.15) is 38.4 Å². The van der Waals surface area contributed by atoms with Crippen molar-refractivity contribution in [2.75, 3.05) is 26.2 Å². The number of carbonyl (C=O) groups is 1. The predicted octanol–water partition coefficient (Wildman–Crippen LogP) is 2.85. The van der Waals surface area contributed by atoms with E-state index in [4.69, 9.17) is 0 Å². The SMILES string of the molecule is Cc1ccc(F)c2c(=O)[nH]c(CCC(=O)N3CCN(C(C)(C)C)CC3)cc12. The summed E-state index contributed by atoms with van der Waals surface area (Å²) in [4.78, 5) is 31.8. The van der Waals surface area contributed by atoms with Gasteiger partial charge in [0.1, 0.15) is 5.82 Å². The van der Waals surface area contributed by atoms with Gasteiger partial charge in [-0.2, -0.15) is 0 Å². The quantitative estimate of drug-likeness (QED) is 0.900. The number of aromatic nitrogens is 1. The van der Waals surface area contributed by atoms with Gasteiger partial charge in [-0.1, -0.05) is 6.07 Å². The van der Waals surface area contributed by atoms with Crippen molar-refractivity contribution in [2.24, 2.45) is 0 Å². The third-order valence-electron chi connectivity index (χ3n) is 5.42. The predicted molar refractivity (Wildman–Crippen MR) is 105 cm³/mol. The number of aromatic amines is 1. The molecule has 1 aliphatic rings. The summed E-state index contributed by atoms with van der Waals surface area (Å²) in [7, 11) is 0. The molecule has 0 atom stereocenters. The maximum absolute atomic E-state index is 13.9. The second-order valence-electron chi connectivity index (χ2n) is 8.32. The first-order chi connectivity index (χ1) is 12.7. The van der Waals surface area contributed by atoms with E-state index < -0.39 is 11.4 Å². The lowest BCUT2D eigenvalue weighted by atomic mass is 10.0. The molecule has 0 saturated carbocycles. The second kappa shape index (κ2) is 7.43. The van der Waals surface area contributed by atoms with Gasteiger partial charge in [-0.05, 0) is 57.2 Å². The standard InChI is InChI=1S/C21H28FN3O2/c1-14-5-7-17(22)19-16(14)13-15(23-20(19)27)6-8-18(26)24-9-11-25(12-10-24)21(2,3)4/h5,7,13H,6,8-12H2,1-4H3,(H,23,27). The summed E-state index contributed by atoms with van der Waals surface area (Å²) in [5.74, 6) is -0.420. The van der Waals surface area contributed by atoms with Gasteiger partial charge in [-0.15, -0.1) is 0 Å². The number of amides is 1. The molecule has 0 spiro atoms. The minimum Gasteiger partial charge on any atom is -0.340 e. The van der Waals surface area contributed by atoms with Crippen molar-refractivity contribution < 1.29 is 9.18 Å². The molecule has 1 aliphatic heterocycles. The normalized spacial score (nSPS) is 16.1. The van der Waals surface area contributed by atoms with E-state index in [0.717, 1.165) is 31.7 Å². The van der Waals surface area contributed by atoms with Crippen molar-refractivity contribution in [3.05, 3.63) is 45.6 Å². The maximum Gasteiger partial charge on any atom is 0.259 e. The Kier molecular flexibility index (Phi) is 5.38. The molecule has 0 bridgehead atoms. The number of pyridine rings is 1. The van der Waals surface area contributed by atoms with Gasteiger partial charge < -0.3 is 9.88 Å². The Bertz CT molecular complexity index is 906. The van der Waals surface area contributed by atoms with Crippen molar-refractivity contribution in [1.82, 2.24) is 14.8 Å². The fourth-order valence-electron chi connectivity index (χ4n) is 3.69. The van der Waals surface area contributed by atoms with Crippen LogP contribution >= 0.6 is 0 Å². The molecule has 1 N–H and O–H groups in total. The number of benzene rings is 1. The average Bonchev–Trinajstić information content (AvgIpc) is 2.62. The summed E-state index contributed by atoms with van der Waals surface area (Å²) in [5.41, 5.74) is 1.20. The van der Waals surface area contributed by atoms with Gasteiger partial charge in [-0.25, -0.2) is 4.39 Å². The van der Waals surface area contributed by atoms with Crippen LogP contribution in [0, 0.1) is 12.7 Å². The Morgan fingerprint density at radius 3 is 2.48 bits per heavy atom. The van der Waals surface area contributed by atoms with Crippen molar-refractivity contribution in [1.29, 1.82) is 0 Å². The Morgan fingerprint density at radius 1 is 1.19 bits per heavy atom. The van der Waals surface area contributed by atoms with Gasteiger partial charge in [0.2, 0.25) is 5.91 Å². The highest BCUT2D eigenvalue weighted by Crippen LogP contribution is 2.20. The topological polar surface area (TPSA) is 56.4 Å². The Labute approximate surface area is 159 Å². The third kappa shape index (κ3) is 4.21. The molecule has 1 saturated heterocycles. The number of carbonyl (C=O) groups excluding carboxylic acids is 1. The molecule has 1 aromatic heterocycles. The van der Waals surface area contributed by atoms with Crippen LogP contribution in [-0.4, -0.2) is 52.4 Å². The lowest BCUT2D eigenvalue weighted by Gasteiger charge is -2.42. The van der Waals surface area contributed by atoms with Gasteiger partial charge >= 0.3 is 0 Å². The van der Waals surface area contributed by atoms with E-state index in [1.807, 2.05) is 11.8 Å². The van der Waals surface area contributed by atoms with Gasteiger partial charge in [0.05, 0.1) is 5.39 Å². The van der Waals surface area contributed by atoms with Crippen LogP contribution in [0.5, 0.6) is 0 Å². The first-order valence-electron chi connectivity index (χ1n) is 9.50. The molecule has 0 aliphatic carbocycles. The van der Waals surface area contributed by atoms with Crippen LogP contribution in [0.15, 0.2) is 23.0 Å². The molecule has 6 heteroatoms. The van der Waals surface area contributed by atoms with E-state index in [2.05, 4.69) is 30.7 Å². The van der Waals surface area contributed by atoms with Crippen LogP contribution in [0.3, 0.4) is 0 Å². The Balaban J connectivity index is 1.66. The molecule has 0 unspecified atom stereocenters. The molecule has 27 heavy (non-hydrogen) atoms. The maximum atomic E-state index is 13.9. The lowest BCUT2D eigenvalue weighted by Crippen LogP contribution is -2.54. The van der Waals surface area contributed by atoms with Gasteiger partial charge in [-0.3, -0.25) is 14.5 Å². The van der Waals surface area contributed by atoms with Gasteiger partial charge in [0.25, 0.3) is 5.56 Å². The first kappa shape index (κ1) is 19.5. The summed E-state index contributed by atoms with van der Waals surface area (Å²) >= 11 is 0. The molecule has 5 nitrogen and oxygen atoms in total. The molecule has 0 radical (unpaired) electrons. The molecule has 2 aromatic rings. The van der Waals surface area contributed by atoms with E-state index in [-0.39, 0.29) is 16.8 Å². The zero-order valence-corrected chi connectivity index (χ0v) is 16.6. The molecular formula is C21H28FN3O2. The molecular weight excluding hydrogens is 345 g/mol. The van der Waals surface area contributed by atoms with Crippen LogP contribution in [0.25, 0.3) is 10.8 Å². The number of fused-ring (bicyclic) bond motifs is 1. The second-order valence-corrected chi connectivity index (χ2v) is 8.32. The highest BCUT2D eigenvalue weighted by Gasteiger charge is 2.27. The van der Waals surface area contributed by atoms with E-state index in [0.29, 0.717) is 23.9 Å². The first-order valence-corrected chi connectivity index (χ1v) is 9.50. The number of H-pyrrole nitrogens is 1. The fourth-order valence-corrected chi connectivity index (χ4v) is 3.69. The van der Waals surface area contributed by atoms with Gasteiger partial charge in [0.15, 0.2) is 0 Å². The van der Waals surface area contributed by atoms with Crippen molar-refractivity contribution >= 4 is 16.7 Å². The van der Waals surface area contributed by atoms with E-state index in [1.165, 1.54) is 6.07 Å². The van der Waals surface area contributed by atoms with Gasteiger partial charge in [0, 0.05) is 43.8 Å². The van der Waals surface area contributed by atoms with Crippen LogP contribution in [0.2, 0.25) is 0 Å². The summed E-state index contributed by atoms with van der Waals surface area (Å²) in [6.45, 7) is 11.6. The van der Waals surface area contributed by atoms with Crippen LogP contribution < -0.4 is 5.56 Å². The summed E-state index contributed by atoms with van der Waals surface area (Å²) in [6, 6.07) is 4.77. The number of rotatable bonds is 3. The zero-order valence-electron chi connectivity index (χ0n) is 16.6. The summed E-state index contributed by atoms with van der Waals surface area (Å²) in [5, 5.41) is 0.698. The Hall–Kier alpha value is -2.21. The average molecular weight is 373 g/mol. The molecule has 1 amide bonds. The number of hydrogen-bond donors (Lipinski definition) is 1. The van der Waals surface area contributed by atoms with Crippen molar-refractivity contribution in [2.45, 2.75) is 46.1 Å². The molecule has 1 aromatic carbocycles. The zero-order chi connectivity index (χ0) is 19.8. The summed E-state index contributed by atoms with van der Waals surface area (Å²) < 4.78 is 13.9. The fraction of sp³-hybridized carbons (Fsp3) is 0.524. The largest absolute Gasteiger partial charge is 0.340 e. The summed E-state index contributed by atoms with van der Waals surface area (Å²) in [6.07, 6.45) is 0.783. The number of halogens is 1. The highest BCUT2D eigenvalue weighted by atomic mass is 19.1. The molecule has 1 fully saturated rings. The van der Waals surface area contributed by atoms with Crippen LogP contribution in [0.4, 0.5) is 4.39 Å². The minimum atomic E-state index is -0.517. The van der Waals surface area contributed by atoms with Crippen LogP contribution in [-0.2, 0) is 11.2 Å². The highest BCUT2D eigenvalue weighted by molar-refractivity contribution is 5.85. The molecule has 146 valence electrons. The van der Waals surface area contributed by atoms with E-state index >= 15 is 0 Å². The molecule has 3 rings (SSSR count).